The van der Waals surface area contributed by atoms with Gasteiger partial charge in [-0.15, -0.1) is 24.0 Å². The van der Waals surface area contributed by atoms with Crippen LogP contribution in [0.2, 0.25) is 0 Å². The van der Waals surface area contributed by atoms with E-state index in [0.29, 0.717) is 12.0 Å². The van der Waals surface area contributed by atoms with Crippen LogP contribution >= 0.6 is 24.0 Å². The second kappa shape index (κ2) is 8.40. The van der Waals surface area contributed by atoms with E-state index in [9.17, 15) is 4.79 Å². The summed E-state index contributed by atoms with van der Waals surface area (Å²) in [5, 5.41) is 5.91. The number of halogens is 1. The average molecular weight is 420 g/mol. The van der Waals surface area contributed by atoms with Crippen molar-refractivity contribution < 1.29 is 9.21 Å². The Morgan fingerprint density at radius 3 is 2.77 bits per heavy atom. The Morgan fingerprint density at radius 1 is 1.45 bits per heavy atom. The molecule has 0 atom stereocenters. The lowest BCUT2D eigenvalue weighted by atomic mass is 9.93. The zero-order chi connectivity index (χ0) is 15.3. The SMILES string of the molecule is CN=C(NCC(=O)NCc1ccco1)N1CCC(C)(C)C1.I. The van der Waals surface area contributed by atoms with Gasteiger partial charge in [0.05, 0.1) is 19.4 Å². The Kier molecular flexibility index (Phi) is 7.18. The fourth-order valence-corrected chi connectivity index (χ4v) is 2.45. The van der Waals surface area contributed by atoms with Crippen LogP contribution in [0.3, 0.4) is 0 Å². The molecule has 0 saturated carbocycles. The summed E-state index contributed by atoms with van der Waals surface area (Å²) in [5.41, 5.74) is 0.305. The third kappa shape index (κ3) is 5.51. The summed E-state index contributed by atoms with van der Waals surface area (Å²) in [6, 6.07) is 3.63. The fraction of sp³-hybridized carbons (Fsp3) is 0.600. The van der Waals surface area contributed by atoms with Crippen molar-refractivity contribution in [1.82, 2.24) is 15.5 Å². The summed E-state index contributed by atoms with van der Waals surface area (Å²) >= 11 is 0. The number of aliphatic imine (C=N–C) groups is 1. The van der Waals surface area contributed by atoms with E-state index < -0.39 is 0 Å². The molecule has 2 heterocycles. The van der Waals surface area contributed by atoms with E-state index in [1.807, 2.05) is 6.07 Å². The first-order valence-electron chi connectivity index (χ1n) is 7.25. The van der Waals surface area contributed by atoms with Crippen molar-refractivity contribution in [3.05, 3.63) is 24.2 Å². The summed E-state index contributed by atoms with van der Waals surface area (Å²) < 4.78 is 5.17. The first-order valence-corrected chi connectivity index (χ1v) is 7.25. The first kappa shape index (κ1) is 18.8. The van der Waals surface area contributed by atoms with Gasteiger partial charge in [-0.25, -0.2) is 0 Å². The first-order chi connectivity index (χ1) is 10.00. The molecule has 0 aliphatic carbocycles. The van der Waals surface area contributed by atoms with Crippen LogP contribution in [-0.2, 0) is 11.3 Å². The lowest BCUT2D eigenvalue weighted by Crippen LogP contribution is -2.44. The summed E-state index contributed by atoms with van der Waals surface area (Å²) in [6.45, 7) is 7.04. The molecule has 1 aromatic rings. The average Bonchev–Trinajstić information content (AvgIpc) is 3.07. The van der Waals surface area contributed by atoms with Gasteiger partial charge in [0, 0.05) is 20.1 Å². The number of likely N-dealkylation sites (tertiary alicyclic amines) is 1. The maximum atomic E-state index is 11.8. The maximum absolute atomic E-state index is 11.8. The molecule has 0 unspecified atom stereocenters. The van der Waals surface area contributed by atoms with Crippen molar-refractivity contribution in [3.8, 4) is 0 Å². The molecular formula is C15H25IN4O2. The van der Waals surface area contributed by atoms with E-state index in [2.05, 4.69) is 34.4 Å². The normalized spacial score (nSPS) is 17.0. The van der Waals surface area contributed by atoms with Crippen LogP contribution in [-0.4, -0.2) is 43.4 Å². The Hall–Kier alpha value is -1.25. The molecule has 1 fully saturated rings. The highest BCUT2D eigenvalue weighted by atomic mass is 127. The Morgan fingerprint density at radius 2 is 2.23 bits per heavy atom. The predicted octanol–water partition coefficient (Wildman–Crippen LogP) is 1.82. The number of guanidine groups is 1. The molecule has 2 rings (SSSR count). The molecule has 124 valence electrons. The van der Waals surface area contributed by atoms with Crippen molar-refractivity contribution in [3.63, 3.8) is 0 Å². The molecule has 1 saturated heterocycles. The molecule has 2 N–H and O–H groups in total. The molecule has 7 heteroatoms. The van der Waals surface area contributed by atoms with Gasteiger partial charge in [-0.2, -0.15) is 0 Å². The number of carbonyl (C=O) groups is 1. The third-order valence-electron chi connectivity index (χ3n) is 3.64. The maximum Gasteiger partial charge on any atom is 0.239 e. The summed E-state index contributed by atoms with van der Waals surface area (Å²) in [4.78, 5) is 18.3. The molecule has 0 aromatic carbocycles. The van der Waals surface area contributed by atoms with Crippen LogP contribution < -0.4 is 10.6 Å². The smallest absolute Gasteiger partial charge is 0.239 e. The van der Waals surface area contributed by atoms with Crippen molar-refractivity contribution in [2.75, 3.05) is 26.7 Å². The summed E-state index contributed by atoms with van der Waals surface area (Å²) in [6.07, 6.45) is 2.73. The highest BCUT2D eigenvalue weighted by molar-refractivity contribution is 14.0. The van der Waals surface area contributed by atoms with E-state index >= 15 is 0 Å². The third-order valence-corrected chi connectivity index (χ3v) is 3.64. The molecule has 0 spiro atoms. The number of hydrogen-bond donors (Lipinski definition) is 2. The quantitative estimate of drug-likeness (QED) is 0.443. The van der Waals surface area contributed by atoms with Gasteiger partial charge in [0.15, 0.2) is 5.96 Å². The second-order valence-electron chi connectivity index (χ2n) is 6.09. The lowest BCUT2D eigenvalue weighted by Gasteiger charge is -2.23. The van der Waals surface area contributed by atoms with Crippen LogP contribution in [0.25, 0.3) is 0 Å². The zero-order valence-electron chi connectivity index (χ0n) is 13.4. The molecule has 1 aliphatic heterocycles. The number of amides is 1. The molecule has 1 amide bonds. The number of hydrogen-bond acceptors (Lipinski definition) is 3. The van der Waals surface area contributed by atoms with Crippen molar-refractivity contribution in [2.24, 2.45) is 10.4 Å². The largest absolute Gasteiger partial charge is 0.467 e. The highest BCUT2D eigenvalue weighted by Gasteiger charge is 2.30. The second-order valence-corrected chi connectivity index (χ2v) is 6.09. The van der Waals surface area contributed by atoms with E-state index in [-0.39, 0.29) is 36.4 Å². The molecule has 0 bridgehead atoms. The minimum Gasteiger partial charge on any atom is -0.467 e. The number of nitrogens with zero attached hydrogens (tertiary/aromatic N) is 2. The van der Waals surface area contributed by atoms with Crippen LogP contribution in [0.4, 0.5) is 0 Å². The zero-order valence-corrected chi connectivity index (χ0v) is 15.7. The highest BCUT2D eigenvalue weighted by Crippen LogP contribution is 2.28. The molecule has 1 aromatic heterocycles. The van der Waals surface area contributed by atoms with Gasteiger partial charge in [0.1, 0.15) is 5.76 Å². The number of nitrogens with one attached hydrogen (secondary N) is 2. The minimum absolute atomic E-state index is 0. The van der Waals surface area contributed by atoms with E-state index in [1.54, 1.807) is 19.4 Å². The van der Waals surface area contributed by atoms with Crippen LogP contribution in [0.1, 0.15) is 26.0 Å². The van der Waals surface area contributed by atoms with Crippen LogP contribution in [0.5, 0.6) is 0 Å². The van der Waals surface area contributed by atoms with E-state index in [4.69, 9.17) is 4.42 Å². The Bertz CT molecular complexity index is 500. The van der Waals surface area contributed by atoms with Gasteiger partial charge in [0.2, 0.25) is 5.91 Å². The molecular weight excluding hydrogens is 395 g/mol. The molecule has 1 aliphatic rings. The van der Waals surface area contributed by atoms with Gasteiger partial charge >= 0.3 is 0 Å². The van der Waals surface area contributed by atoms with Crippen molar-refractivity contribution >= 4 is 35.8 Å². The standard InChI is InChI=1S/C15H24N4O2.HI/c1-15(2)6-7-19(11-15)14(16-3)18-10-13(20)17-9-12-5-4-8-21-12;/h4-5,8H,6-7,9-11H2,1-3H3,(H,16,18)(H,17,20);1H. The van der Waals surface area contributed by atoms with Gasteiger partial charge in [-0.3, -0.25) is 9.79 Å². The van der Waals surface area contributed by atoms with Gasteiger partial charge in [0.25, 0.3) is 0 Å². The Balaban J connectivity index is 0.00000242. The molecule has 22 heavy (non-hydrogen) atoms. The number of rotatable bonds is 4. The van der Waals surface area contributed by atoms with Gasteiger partial charge < -0.3 is 20.0 Å². The topological polar surface area (TPSA) is 69.9 Å². The summed E-state index contributed by atoms with van der Waals surface area (Å²) in [7, 11) is 1.74. The van der Waals surface area contributed by atoms with E-state index in [1.165, 1.54) is 0 Å². The monoisotopic (exact) mass is 420 g/mol. The summed E-state index contributed by atoms with van der Waals surface area (Å²) in [5.74, 6) is 1.45. The van der Waals surface area contributed by atoms with Crippen LogP contribution in [0, 0.1) is 5.41 Å². The molecule has 0 radical (unpaired) electrons. The van der Waals surface area contributed by atoms with E-state index in [0.717, 1.165) is 31.2 Å². The minimum atomic E-state index is -0.0778. The van der Waals surface area contributed by atoms with Crippen LogP contribution in [0.15, 0.2) is 27.8 Å². The Labute approximate surface area is 148 Å². The van der Waals surface area contributed by atoms with Gasteiger partial charge in [-0.05, 0) is 24.0 Å². The van der Waals surface area contributed by atoms with Crippen molar-refractivity contribution in [1.29, 1.82) is 0 Å². The van der Waals surface area contributed by atoms with Crippen molar-refractivity contribution in [2.45, 2.75) is 26.8 Å². The van der Waals surface area contributed by atoms with Gasteiger partial charge in [-0.1, -0.05) is 13.8 Å². The molecule has 6 nitrogen and oxygen atoms in total. The number of furan rings is 1. The fourth-order valence-electron chi connectivity index (χ4n) is 2.45. The number of carbonyl (C=O) groups excluding carboxylic acids is 1. The predicted molar refractivity (Wildman–Crippen MR) is 97.3 cm³/mol. The lowest BCUT2D eigenvalue weighted by molar-refractivity contribution is -0.120.